The zero-order valence-corrected chi connectivity index (χ0v) is 12.2. The number of fused-ring (bicyclic) bond motifs is 1. The first-order chi connectivity index (χ1) is 9.70. The van der Waals surface area contributed by atoms with Crippen LogP contribution in [0.4, 0.5) is 0 Å². The summed E-state index contributed by atoms with van der Waals surface area (Å²) >= 11 is 0. The number of benzene rings is 1. The number of carbonyl (C=O) groups is 1. The van der Waals surface area contributed by atoms with Crippen molar-refractivity contribution in [3.63, 3.8) is 0 Å². The molecule has 20 heavy (non-hydrogen) atoms. The second-order valence-corrected chi connectivity index (χ2v) is 5.98. The third kappa shape index (κ3) is 2.34. The summed E-state index contributed by atoms with van der Waals surface area (Å²) in [6.45, 7) is 4.15. The summed E-state index contributed by atoms with van der Waals surface area (Å²) in [6.07, 6.45) is 0. The number of piperazine rings is 1. The van der Waals surface area contributed by atoms with Crippen molar-refractivity contribution in [1.82, 2.24) is 15.1 Å². The number of carbonyl (C=O) groups excluding carboxylic acids is 1. The van der Waals surface area contributed by atoms with Gasteiger partial charge in [0.15, 0.2) is 0 Å². The lowest BCUT2D eigenvalue weighted by Crippen LogP contribution is -2.52. The monoisotopic (exact) mass is 273 g/mol. The molecule has 0 unspecified atom stereocenters. The Hall–Kier alpha value is -1.39. The first-order valence-corrected chi connectivity index (χ1v) is 7.40. The predicted molar refractivity (Wildman–Crippen MR) is 79.6 cm³/mol. The Morgan fingerprint density at radius 3 is 2.65 bits per heavy atom. The van der Waals surface area contributed by atoms with Gasteiger partial charge in [-0.05, 0) is 12.6 Å². The maximum Gasteiger partial charge on any atom is 0.225 e. The summed E-state index contributed by atoms with van der Waals surface area (Å²) in [5.74, 6) is 0.555. The van der Waals surface area contributed by atoms with E-state index in [4.69, 9.17) is 0 Å². The van der Waals surface area contributed by atoms with E-state index in [-0.39, 0.29) is 11.8 Å². The summed E-state index contributed by atoms with van der Waals surface area (Å²) in [5, 5.41) is 2.87. The van der Waals surface area contributed by atoms with Crippen molar-refractivity contribution in [3.8, 4) is 0 Å². The van der Waals surface area contributed by atoms with Crippen LogP contribution in [0.15, 0.2) is 30.3 Å². The van der Waals surface area contributed by atoms with Crippen molar-refractivity contribution in [3.05, 3.63) is 35.9 Å². The van der Waals surface area contributed by atoms with Crippen LogP contribution in [0.3, 0.4) is 0 Å². The minimum atomic E-state index is 0.0603. The van der Waals surface area contributed by atoms with Crippen LogP contribution < -0.4 is 5.32 Å². The Morgan fingerprint density at radius 1 is 1.20 bits per heavy atom. The Labute approximate surface area is 120 Å². The second-order valence-electron chi connectivity index (χ2n) is 5.98. The van der Waals surface area contributed by atoms with E-state index in [1.807, 2.05) is 6.07 Å². The van der Waals surface area contributed by atoms with Crippen molar-refractivity contribution in [1.29, 1.82) is 0 Å². The molecule has 4 heteroatoms. The molecule has 3 atom stereocenters. The summed E-state index contributed by atoms with van der Waals surface area (Å²) < 4.78 is 0. The zero-order chi connectivity index (χ0) is 14.1. The highest BCUT2D eigenvalue weighted by molar-refractivity contribution is 5.80. The van der Waals surface area contributed by atoms with Gasteiger partial charge in [-0.2, -0.15) is 0 Å². The fourth-order valence-corrected chi connectivity index (χ4v) is 3.73. The van der Waals surface area contributed by atoms with E-state index in [0.29, 0.717) is 12.0 Å². The summed E-state index contributed by atoms with van der Waals surface area (Å²) in [7, 11) is 3.90. The van der Waals surface area contributed by atoms with Crippen LogP contribution >= 0.6 is 0 Å². The lowest BCUT2D eigenvalue weighted by molar-refractivity contribution is -0.126. The predicted octanol–water partition coefficient (Wildman–Crippen LogP) is 0.762. The third-order valence-electron chi connectivity index (χ3n) is 4.79. The Morgan fingerprint density at radius 2 is 1.95 bits per heavy atom. The molecule has 2 aliphatic rings. The molecule has 108 valence electrons. The molecule has 2 heterocycles. The topological polar surface area (TPSA) is 35.6 Å². The number of nitrogens with zero attached hydrogens (tertiary/aromatic N) is 2. The van der Waals surface area contributed by atoms with E-state index >= 15 is 0 Å². The van der Waals surface area contributed by atoms with Crippen LogP contribution in [-0.2, 0) is 4.79 Å². The number of rotatable bonds is 2. The molecule has 2 fully saturated rings. The lowest BCUT2D eigenvalue weighted by Gasteiger charge is -2.37. The van der Waals surface area contributed by atoms with Crippen molar-refractivity contribution in [2.24, 2.45) is 5.92 Å². The molecule has 0 spiro atoms. The lowest BCUT2D eigenvalue weighted by atomic mass is 9.84. The van der Waals surface area contributed by atoms with E-state index in [0.717, 1.165) is 26.2 Å². The molecule has 4 nitrogen and oxygen atoms in total. The van der Waals surface area contributed by atoms with Crippen LogP contribution in [0.1, 0.15) is 11.5 Å². The summed E-state index contributed by atoms with van der Waals surface area (Å²) in [5.41, 5.74) is 1.29. The molecule has 0 aliphatic carbocycles. The van der Waals surface area contributed by atoms with Crippen LogP contribution in [0, 0.1) is 5.92 Å². The van der Waals surface area contributed by atoms with Gasteiger partial charge in [0.05, 0.1) is 5.92 Å². The van der Waals surface area contributed by atoms with Gasteiger partial charge in [-0.3, -0.25) is 9.69 Å². The summed E-state index contributed by atoms with van der Waals surface area (Å²) in [4.78, 5) is 17.2. The Balaban J connectivity index is 1.91. The number of hydrogen-bond donors (Lipinski definition) is 1. The number of likely N-dealkylation sites (N-methyl/N-ethyl adjacent to an activating group) is 1. The molecule has 0 aromatic heterocycles. The van der Waals surface area contributed by atoms with E-state index in [1.54, 1.807) is 7.05 Å². The fourth-order valence-electron chi connectivity index (χ4n) is 3.73. The minimum absolute atomic E-state index is 0.0603. The smallest absolute Gasteiger partial charge is 0.225 e. The molecular formula is C16H23N3O. The van der Waals surface area contributed by atoms with Crippen LogP contribution in [0.5, 0.6) is 0 Å². The number of nitrogens with one attached hydrogen (secondary N) is 1. The van der Waals surface area contributed by atoms with Gasteiger partial charge in [0, 0.05) is 45.2 Å². The molecule has 1 aromatic carbocycles. The quantitative estimate of drug-likeness (QED) is 0.864. The maximum absolute atomic E-state index is 12.4. The van der Waals surface area contributed by atoms with E-state index < -0.39 is 0 Å². The number of amides is 1. The van der Waals surface area contributed by atoms with Crippen LogP contribution in [0.25, 0.3) is 0 Å². The molecule has 3 rings (SSSR count). The van der Waals surface area contributed by atoms with Crippen molar-refractivity contribution in [2.45, 2.75) is 12.0 Å². The van der Waals surface area contributed by atoms with Crippen molar-refractivity contribution >= 4 is 5.91 Å². The first kappa shape index (κ1) is 13.6. The van der Waals surface area contributed by atoms with E-state index in [9.17, 15) is 4.79 Å². The average Bonchev–Trinajstić information content (AvgIpc) is 2.86. The normalized spacial score (nSPS) is 31.0. The fraction of sp³-hybridized carbons (Fsp3) is 0.562. The van der Waals surface area contributed by atoms with Gasteiger partial charge in [0.25, 0.3) is 0 Å². The number of hydrogen-bond acceptors (Lipinski definition) is 3. The van der Waals surface area contributed by atoms with Gasteiger partial charge in [0.1, 0.15) is 0 Å². The highest BCUT2D eigenvalue weighted by Crippen LogP contribution is 2.38. The largest absolute Gasteiger partial charge is 0.359 e. The van der Waals surface area contributed by atoms with Crippen LogP contribution in [0.2, 0.25) is 0 Å². The minimum Gasteiger partial charge on any atom is -0.359 e. The molecule has 0 bridgehead atoms. The molecule has 2 aliphatic heterocycles. The molecule has 1 aromatic rings. The van der Waals surface area contributed by atoms with E-state index in [1.165, 1.54) is 5.56 Å². The molecule has 2 saturated heterocycles. The first-order valence-electron chi connectivity index (χ1n) is 7.40. The van der Waals surface area contributed by atoms with Gasteiger partial charge >= 0.3 is 0 Å². The van der Waals surface area contributed by atoms with Gasteiger partial charge in [-0.1, -0.05) is 30.3 Å². The highest BCUT2D eigenvalue weighted by atomic mass is 16.1. The average molecular weight is 273 g/mol. The SMILES string of the molecule is CNC(=O)[C@@H]1[C@@H](c2ccccc2)CN2CCN(C)C[C@H]12. The third-order valence-corrected chi connectivity index (χ3v) is 4.79. The van der Waals surface area contributed by atoms with Crippen molar-refractivity contribution in [2.75, 3.05) is 40.3 Å². The zero-order valence-electron chi connectivity index (χ0n) is 12.2. The molecule has 1 amide bonds. The van der Waals surface area contributed by atoms with Gasteiger partial charge < -0.3 is 10.2 Å². The maximum atomic E-state index is 12.4. The second kappa shape index (κ2) is 5.54. The van der Waals surface area contributed by atoms with Crippen LogP contribution in [-0.4, -0.2) is 62.0 Å². The van der Waals surface area contributed by atoms with Gasteiger partial charge in [-0.15, -0.1) is 0 Å². The molecule has 1 N–H and O–H groups in total. The van der Waals surface area contributed by atoms with Gasteiger partial charge in [0.2, 0.25) is 5.91 Å². The molecule has 0 radical (unpaired) electrons. The molecule has 0 saturated carbocycles. The Kier molecular flexibility index (Phi) is 3.76. The Bertz CT molecular complexity index is 476. The standard InChI is InChI=1S/C16H23N3O/c1-17-16(20)15-13(12-6-4-3-5-7-12)10-19-9-8-18(2)11-14(15)19/h3-7,13-15H,8-11H2,1-2H3,(H,17,20)/t13-,14-,15-/m1/s1. The van der Waals surface area contributed by atoms with Crippen molar-refractivity contribution < 1.29 is 4.79 Å². The molecular weight excluding hydrogens is 250 g/mol. The van der Waals surface area contributed by atoms with Gasteiger partial charge in [-0.25, -0.2) is 0 Å². The van der Waals surface area contributed by atoms with E-state index in [2.05, 4.69) is 46.4 Å². The highest BCUT2D eigenvalue weighted by Gasteiger charge is 2.47. The summed E-state index contributed by atoms with van der Waals surface area (Å²) in [6, 6.07) is 10.8.